The van der Waals surface area contributed by atoms with Gasteiger partial charge >= 0.3 is 0 Å². The van der Waals surface area contributed by atoms with Crippen LogP contribution in [0.1, 0.15) is 36.7 Å². The number of aromatic nitrogens is 3. The number of benzene rings is 2. The summed E-state index contributed by atoms with van der Waals surface area (Å²) in [7, 11) is 1.63. The van der Waals surface area contributed by atoms with E-state index in [-0.39, 0.29) is 17.4 Å². The third-order valence-corrected chi connectivity index (χ3v) is 6.28. The molecule has 170 valence electrons. The number of anilines is 1. The molecule has 8 heteroatoms. The first-order valence-corrected chi connectivity index (χ1v) is 11.6. The van der Waals surface area contributed by atoms with Crippen LogP contribution in [0, 0.1) is 12.3 Å². The van der Waals surface area contributed by atoms with E-state index in [2.05, 4.69) is 15.5 Å². The number of fused-ring (bicyclic) bond motifs is 3. The monoisotopic (exact) mass is 462 g/mol. The van der Waals surface area contributed by atoms with Crippen molar-refractivity contribution < 1.29 is 14.3 Å². The molecule has 0 radical (unpaired) electrons. The number of ketones is 1. The number of aryl methyl sites for hydroxylation is 1. The number of thioether (sulfide) groups is 1. The lowest BCUT2D eigenvalue weighted by atomic mass is 9.95. The van der Waals surface area contributed by atoms with Gasteiger partial charge < -0.3 is 10.1 Å². The fraction of sp³-hybridized carbons (Fsp3) is 0.280. The van der Waals surface area contributed by atoms with Crippen molar-refractivity contribution in [2.75, 3.05) is 18.2 Å². The molecule has 2 aromatic heterocycles. The molecule has 0 atom stereocenters. The van der Waals surface area contributed by atoms with Gasteiger partial charge in [0.1, 0.15) is 5.75 Å². The SMILES string of the molecule is COc1ccc2c(C)cc3nnc(SCC(=O)c4ccc(NC(=O)C(C)(C)C)cc4)n3c2c1. The molecule has 4 aromatic rings. The number of carbonyl (C=O) groups excluding carboxylic acids is 2. The lowest BCUT2D eigenvalue weighted by Crippen LogP contribution is -2.27. The fourth-order valence-corrected chi connectivity index (χ4v) is 4.24. The highest BCUT2D eigenvalue weighted by atomic mass is 32.2. The largest absolute Gasteiger partial charge is 0.497 e. The third-order valence-electron chi connectivity index (χ3n) is 5.35. The Kier molecular flexibility index (Phi) is 6.12. The number of Topliss-reactive ketones (excluding diaryl/α,β-unsaturated/α-hetero) is 1. The predicted octanol–water partition coefficient (Wildman–Crippen LogP) is 5.16. The Hall–Kier alpha value is -3.39. The van der Waals surface area contributed by atoms with Crippen molar-refractivity contribution in [3.05, 3.63) is 59.7 Å². The van der Waals surface area contributed by atoms with Crippen molar-refractivity contribution in [2.24, 2.45) is 5.41 Å². The van der Waals surface area contributed by atoms with Gasteiger partial charge in [0.05, 0.1) is 18.4 Å². The molecule has 0 saturated carbocycles. The highest BCUT2D eigenvalue weighted by Crippen LogP contribution is 2.29. The molecule has 1 amide bonds. The van der Waals surface area contributed by atoms with Gasteiger partial charge in [0.15, 0.2) is 16.6 Å². The smallest absolute Gasteiger partial charge is 0.229 e. The van der Waals surface area contributed by atoms with Crippen LogP contribution in [-0.4, -0.2) is 39.2 Å². The van der Waals surface area contributed by atoms with Crippen molar-refractivity contribution in [3.63, 3.8) is 0 Å². The summed E-state index contributed by atoms with van der Waals surface area (Å²) in [6, 6.07) is 14.8. The van der Waals surface area contributed by atoms with Crippen LogP contribution in [0.4, 0.5) is 5.69 Å². The highest BCUT2D eigenvalue weighted by molar-refractivity contribution is 7.99. The van der Waals surface area contributed by atoms with Crippen molar-refractivity contribution in [2.45, 2.75) is 32.9 Å². The minimum atomic E-state index is -0.487. The fourth-order valence-electron chi connectivity index (χ4n) is 3.39. The van der Waals surface area contributed by atoms with Gasteiger partial charge in [-0.05, 0) is 55.0 Å². The van der Waals surface area contributed by atoms with E-state index in [0.717, 1.165) is 27.9 Å². The zero-order valence-corrected chi connectivity index (χ0v) is 20.1. The van der Waals surface area contributed by atoms with Crippen LogP contribution in [0.5, 0.6) is 5.75 Å². The molecule has 7 nitrogen and oxygen atoms in total. The van der Waals surface area contributed by atoms with Gasteiger partial charge in [-0.25, -0.2) is 0 Å². The Morgan fingerprint density at radius 2 is 1.79 bits per heavy atom. The topological polar surface area (TPSA) is 85.6 Å². The molecule has 0 saturated heterocycles. The standard InChI is InChI=1S/C25H26N4O3S/c1-15-12-22-27-28-24(29(22)20-13-18(32-5)10-11-19(15)20)33-14-21(30)16-6-8-17(9-7-16)26-23(31)25(2,3)4/h6-13H,14H2,1-5H3,(H,26,31). The quantitative estimate of drug-likeness (QED) is 0.315. The average molecular weight is 463 g/mol. The molecular formula is C25H26N4O3S. The van der Waals surface area contributed by atoms with E-state index in [4.69, 9.17) is 4.74 Å². The summed E-state index contributed by atoms with van der Waals surface area (Å²) < 4.78 is 7.35. The van der Waals surface area contributed by atoms with E-state index in [1.165, 1.54) is 11.8 Å². The van der Waals surface area contributed by atoms with Crippen LogP contribution in [0.25, 0.3) is 16.6 Å². The van der Waals surface area contributed by atoms with Crippen LogP contribution in [0.2, 0.25) is 0 Å². The molecule has 0 aliphatic carbocycles. The Morgan fingerprint density at radius 1 is 1.06 bits per heavy atom. The van der Waals surface area contributed by atoms with Gasteiger partial charge in [-0.3, -0.25) is 14.0 Å². The number of rotatable bonds is 6. The molecule has 2 heterocycles. The number of hydrogen-bond acceptors (Lipinski definition) is 6. The van der Waals surface area contributed by atoms with Gasteiger partial charge in [0.25, 0.3) is 0 Å². The lowest BCUT2D eigenvalue weighted by molar-refractivity contribution is -0.123. The van der Waals surface area contributed by atoms with E-state index >= 15 is 0 Å². The van der Waals surface area contributed by atoms with Gasteiger partial charge in [-0.15, -0.1) is 10.2 Å². The van der Waals surface area contributed by atoms with Crippen LogP contribution in [0.15, 0.2) is 53.7 Å². The van der Waals surface area contributed by atoms with Gasteiger partial charge in [0, 0.05) is 28.1 Å². The number of hydrogen-bond donors (Lipinski definition) is 1. The molecule has 1 N–H and O–H groups in total. The van der Waals surface area contributed by atoms with E-state index in [0.29, 0.717) is 16.4 Å². The molecule has 4 rings (SSSR count). The molecule has 0 spiro atoms. The summed E-state index contributed by atoms with van der Waals surface area (Å²) in [6.07, 6.45) is 0. The Labute approximate surface area is 196 Å². The summed E-state index contributed by atoms with van der Waals surface area (Å²) in [4.78, 5) is 24.9. The number of methoxy groups -OCH3 is 1. The first kappa shape index (κ1) is 22.8. The van der Waals surface area contributed by atoms with E-state index in [1.807, 2.05) is 56.4 Å². The summed E-state index contributed by atoms with van der Waals surface area (Å²) in [5.41, 5.74) is 3.51. The van der Waals surface area contributed by atoms with Crippen LogP contribution < -0.4 is 10.1 Å². The third kappa shape index (κ3) is 4.71. The molecule has 33 heavy (non-hydrogen) atoms. The second-order valence-electron chi connectivity index (χ2n) is 8.88. The number of ether oxygens (including phenoxy) is 1. The molecule has 0 aliphatic heterocycles. The van der Waals surface area contributed by atoms with Gasteiger partial charge in [-0.2, -0.15) is 0 Å². The highest BCUT2D eigenvalue weighted by Gasteiger charge is 2.21. The number of amides is 1. The number of pyridine rings is 1. The van der Waals surface area contributed by atoms with Crippen molar-refractivity contribution in [3.8, 4) is 5.75 Å². The van der Waals surface area contributed by atoms with Gasteiger partial charge in [0.2, 0.25) is 5.91 Å². The molecule has 2 aromatic carbocycles. The Balaban J connectivity index is 1.53. The zero-order chi connectivity index (χ0) is 23.8. The van der Waals surface area contributed by atoms with Crippen molar-refractivity contribution >= 4 is 45.7 Å². The summed E-state index contributed by atoms with van der Waals surface area (Å²) in [6.45, 7) is 7.60. The summed E-state index contributed by atoms with van der Waals surface area (Å²) in [5, 5.41) is 13.2. The minimum Gasteiger partial charge on any atom is -0.497 e. The van der Waals surface area contributed by atoms with Gasteiger partial charge in [-0.1, -0.05) is 32.5 Å². The number of nitrogens with one attached hydrogen (secondary N) is 1. The zero-order valence-electron chi connectivity index (χ0n) is 19.3. The molecule has 0 fully saturated rings. The minimum absolute atomic E-state index is 0.0283. The maximum Gasteiger partial charge on any atom is 0.229 e. The number of carbonyl (C=O) groups is 2. The van der Waals surface area contributed by atoms with Crippen molar-refractivity contribution in [1.29, 1.82) is 0 Å². The normalized spacial score (nSPS) is 11.7. The maximum absolute atomic E-state index is 12.8. The maximum atomic E-state index is 12.8. The average Bonchev–Trinajstić information content (AvgIpc) is 3.19. The van der Waals surface area contributed by atoms with E-state index < -0.39 is 5.41 Å². The van der Waals surface area contributed by atoms with Crippen molar-refractivity contribution in [1.82, 2.24) is 14.6 Å². The number of nitrogens with zero attached hydrogens (tertiary/aromatic N) is 3. The second kappa shape index (κ2) is 8.86. The predicted molar refractivity (Wildman–Crippen MR) is 131 cm³/mol. The van der Waals surface area contributed by atoms with Crippen LogP contribution in [0.3, 0.4) is 0 Å². The molecular weight excluding hydrogens is 436 g/mol. The lowest BCUT2D eigenvalue weighted by Gasteiger charge is -2.17. The summed E-state index contributed by atoms with van der Waals surface area (Å²) in [5.74, 6) is 0.858. The van der Waals surface area contributed by atoms with Crippen LogP contribution in [-0.2, 0) is 4.79 Å². The Morgan fingerprint density at radius 3 is 2.45 bits per heavy atom. The second-order valence-corrected chi connectivity index (χ2v) is 9.82. The van der Waals surface area contributed by atoms with E-state index in [9.17, 15) is 9.59 Å². The molecule has 0 bridgehead atoms. The Bertz CT molecular complexity index is 1350. The first-order chi connectivity index (χ1) is 15.7. The van der Waals surface area contributed by atoms with E-state index in [1.54, 1.807) is 31.4 Å². The first-order valence-electron chi connectivity index (χ1n) is 10.6. The molecule has 0 unspecified atom stereocenters. The van der Waals surface area contributed by atoms with Crippen LogP contribution >= 0.6 is 11.8 Å². The summed E-state index contributed by atoms with van der Waals surface area (Å²) >= 11 is 1.34. The molecule has 0 aliphatic rings.